The molecule has 15 heavy (non-hydrogen) atoms. The molecule has 5 nitrogen and oxygen atoms in total. The van der Waals surface area contributed by atoms with Crippen molar-refractivity contribution in [1.82, 2.24) is 10.6 Å². The van der Waals surface area contributed by atoms with Gasteiger partial charge in [-0.1, -0.05) is 0 Å². The molecule has 0 aromatic heterocycles. The van der Waals surface area contributed by atoms with Crippen LogP contribution in [0.25, 0.3) is 0 Å². The van der Waals surface area contributed by atoms with E-state index < -0.39 is 9.84 Å². The summed E-state index contributed by atoms with van der Waals surface area (Å²) in [7, 11) is -2.94. The van der Waals surface area contributed by atoms with E-state index in [-0.39, 0.29) is 23.6 Å². The largest absolute Gasteiger partial charge is 0.337 e. The Bertz CT molecular complexity index is 348. The average Bonchev–Trinajstić information content (AvgIpc) is 2.88. The van der Waals surface area contributed by atoms with Crippen molar-refractivity contribution in [3.8, 4) is 0 Å². The summed E-state index contributed by atoms with van der Waals surface area (Å²) >= 11 is 0. The van der Waals surface area contributed by atoms with Crippen molar-refractivity contribution in [2.45, 2.75) is 37.0 Å². The fraction of sp³-hybridized carbons (Fsp3) is 0.889. The summed E-state index contributed by atoms with van der Waals surface area (Å²) < 4.78 is 22.9. The molecule has 2 aliphatic rings. The number of carbonyl (C=O) groups is 1. The predicted molar refractivity (Wildman–Crippen MR) is 56.4 cm³/mol. The van der Waals surface area contributed by atoms with Gasteiger partial charge in [-0.2, -0.15) is 0 Å². The van der Waals surface area contributed by atoms with E-state index in [2.05, 4.69) is 10.6 Å². The molecular formula is C9H16N2O3S. The van der Waals surface area contributed by atoms with Crippen LogP contribution in [-0.4, -0.2) is 38.0 Å². The Morgan fingerprint density at radius 2 is 2.00 bits per heavy atom. The molecule has 1 aliphatic heterocycles. The van der Waals surface area contributed by atoms with Gasteiger partial charge in [0.25, 0.3) is 0 Å². The lowest BCUT2D eigenvalue weighted by Crippen LogP contribution is -2.41. The molecule has 6 heteroatoms. The number of sulfone groups is 1. The van der Waals surface area contributed by atoms with E-state index in [1.54, 1.807) is 0 Å². The van der Waals surface area contributed by atoms with Gasteiger partial charge < -0.3 is 10.6 Å². The van der Waals surface area contributed by atoms with Crippen LogP contribution in [0.2, 0.25) is 0 Å². The van der Waals surface area contributed by atoms with Gasteiger partial charge in [-0.15, -0.1) is 0 Å². The summed E-state index contributed by atoms with van der Waals surface area (Å²) in [5.41, 5.74) is 0. The third-order valence-electron chi connectivity index (χ3n) is 2.87. The summed E-state index contributed by atoms with van der Waals surface area (Å²) in [4.78, 5) is 11.2. The van der Waals surface area contributed by atoms with Crippen LogP contribution in [0.4, 0.5) is 4.79 Å². The normalized spacial score (nSPS) is 28.7. The Morgan fingerprint density at radius 1 is 1.27 bits per heavy atom. The summed E-state index contributed by atoms with van der Waals surface area (Å²) in [6, 6.07) is 0.0739. The van der Waals surface area contributed by atoms with Gasteiger partial charge in [-0.3, -0.25) is 0 Å². The first kappa shape index (κ1) is 10.7. The number of nitrogens with one attached hydrogen (secondary N) is 2. The van der Waals surface area contributed by atoms with Gasteiger partial charge in [0.1, 0.15) is 0 Å². The highest BCUT2D eigenvalue weighted by Gasteiger charge is 2.31. The van der Waals surface area contributed by atoms with E-state index in [9.17, 15) is 13.2 Å². The highest BCUT2D eigenvalue weighted by molar-refractivity contribution is 7.92. The van der Waals surface area contributed by atoms with Crippen LogP contribution in [0, 0.1) is 0 Å². The number of amides is 2. The molecule has 2 fully saturated rings. The van der Waals surface area contributed by atoms with Crippen molar-refractivity contribution in [2.24, 2.45) is 0 Å². The van der Waals surface area contributed by atoms with Gasteiger partial charge in [-0.25, -0.2) is 13.2 Å². The van der Waals surface area contributed by atoms with Gasteiger partial charge in [0.05, 0.1) is 11.0 Å². The highest BCUT2D eigenvalue weighted by atomic mass is 32.2. The van der Waals surface area contributed by atoms with Crippen LogP contribution < -0.4 is 10.6 Å². The Labute approximate surface area is 89.5 Å². The molecule has 1 unspecified atom stereocenters. The summed E-state index contributed by atoms with van der Waals surface area (Å²) in [6.07, 6.45) is 3.47. The van der Waals surface area contributed by atoms with Gasteiger partial charge in [0.15, 0.2) is 9.84 Å². The monoisotopic (exact) mass is 232 g/mol. The Hall–Kier alpha value is -0.780. The van der Waals surface area contributed by atoms with E-state index in [0.29, 0.717) is 12.5 Å². The SMILES string of the molecule is O=C(NCC1CCCS1(=O)=O)NC1CC1. The molecule has 1 saturated heterocycles. The third kappa shape index (κ3) is 2.84. The lowest BCUT2D eigenvalue weighted by molar-refractivity contribution is 0.240. The molecule has 1 atom stereocenters. The molecule has 0 aromatic carbocycles. The second kappa shape index (κ2) is 4.00. The van der Waals surface area contributed by atoms with Crippen LogP contribution in [0.3, 0.4) is 0 Å². The Balaban J connectivity index is 1.74. The third-order valence-corrected chi connectivity index (χ3v) is 5.14. The maximum Gasteiger partial charge on any atom is 0.315 e. The Kier molecular flexibility index (Phi) is 2.86. The number of carbonyl (C=O) groups excluding carboxylic acids is 1. The minimum absolute atomic E-state index is 0.236. The smallest absolute Gasteiger partial charge is 0.315 e. The Morgan fingerprint density at radius 3 is 2.53 bits per heavy atom. The van der Waals surface area contributed by atoms with Gasteiger partial charge in [0.2, 0.25) is 0 Å². The average molecular weight is 232 g/mol. The van der Waals surface area contributed by atoms with Crippen molar-refractivity contribution < 1.29 is 13.2 Å². The van der Waals surface area contributed by atoms with Crippen molar-refractivity contribution in [1.29, 1.82) is 0 Å². The maximum atomic E-state index is 11.4. The van der Waals surface area contributed by atoms with E-state index in [4.69, 9.17) is 0 Å². The molecule has 2 N–H and O–H groups in total. The molecule has 0 spiro atoms. The summed E-state index contributed by atoms with van der Waals surface area (Å²) in [5, 5.41) is 5.01. The molecule has 1 heterocycles. The maximum absolute atomic E-state index is 11.4. The molecule has 1 aliphatic carbocycles. The standard InChI is InChI=1S/C9H16N2O3S/c12-9(11-7-3-4-7)10-6-8-2-1-5-15(8,13)14/h7-8H,1-6H2,(H2,10,11,12). The van der Waals surface area contributed by atoms with Gasteiger partial charge in [-0.05, 0) is 25.7 Å². The van der Waals surface area contributed by atoms with Crippen LogP contribution >= 0.6 is 0 Å². The highest BCUT2D eigenvalue weighted by Crippen LogP contribution is 2.20. The van der Waals surface area contributed by atoms with Crippen LogP contribution in [0.1, 0.15) is 25.7 Å². The zero-order chi connectivity index (χ0) is 10.9. The minimum atomic E-state index is -2.94. The predicted octanol–water partition coefficient (Wildman–Crippen LogP) is 0.0252. The molecule has 1 saturated carbocycles. The number of rotatable bonds is 3. The lowest BCUT2D eigenvalue weighted by Gasteiger charge is -2.11. The molecule has 86 valence electrons. The fourth-order valence-electron chi connectivity index (χ4n) is 1.76. The summed E-state index contributed by atoms with van der Waals surface area (Å²) in [6.45, 7) is 0.251. The van der Waals surface area contributed by atoms with Crippen LogP contribution in [0.5, 0.6) is 0 Å². The van der Waals surface area contributed by atoms with Crippen molar-refractivity contribution in [3.63, 3.8) is 0 Å². The zero-order valence-corrected chi connectivity index (χ0v) is 9.35. The fourth-order valence-corrected chi connectivity index (χ4v) is 3.52. The number of hydrogen-bond acceptors (Lipinski definition) is 3. The summed E-state index contributed by atoms with van der Waals surface area (Å²) in [5.74, 6) is 0.267. The van der Waals surface area contributed by atoms with Gasteiger partial charge >= 0.3 is 6.03 Å². The molecule has 2 amide bonds. The second-order valence-corrected chi connectivity index (χ2v) is 6.66. The first-order valence-corrected chi connectivity index (χ1v) is 7.05. The van der Waals surface area contributed by atoms with Crippen molar-refractivity contribution >= 4 is 15.9 Å². The quantitative estimate of drug-likeness (QED) is 0.720. The van der Waals surface area contributed by atoms with Crippen LogP contribution in [0.15, 0.2) is 0 Å². The second-order valence-electron chi connectivity index (χ2n) is 4.26. The van der Waals surface area contributed by atoms with Crippen LogP contribution in [-0.2, 0) is 9.84 Å². The van der Waals surface area contributed by atoms with Gasteiger partial charge in [0, 0.05) is 12.6 Å². The number of hydrogen-bond donors (Lipinski definition) is 2. The first-order chi connectivity index (χ1) is 7.08. The molecule has 0 bridgehead atoms. The van der Waals surface area contributed by atoms with E-state index in [1.807, 2.05) is 0 Å². The van der Waals surface area contributed by atoms with E-state index in [0.717, 1.165) is 19.3 Å². The molecule has 0 radical (unpaired) electrons. The van der Waals surface area contributed by atoms with E-state index in [1.165, 1.54) is 0 Å². The molecular weight excluding hydrogens is 216 g/mol. The van der Waals surface area contributed by atoms with Crippen molar-refractivity contribution in [3.05, 3.63) is 0 Å². The molecule has 0 aromatic rings. The molecule has 2 rings (SSSR count). The first-order valence-electron chi connectivity index (χ1n) is 5.34. The minimum Gasteiger partial charge on any atom is -0.337 e. The number of urea groups is 1. The van der Waals surface area contributed by atoms with Crippen molar-refractivity contribution in [2.75, 3.05) is 12.3 Å². The lowest BCUT2D eigenvalue weighted by atomic mass is 10.2. The zero-order valence-electron chi connectivity index (χ0n) is 8.53. The topological polar surface area (TPSA) is 75.3 Å². The van der Waals surface area contributed by atoms with E-state index >= 15 is 0 Å².